The van der Waals surface area contributed by atoms with Crippen molar-refractivity contribution in [2.75, 3.05) is 0 Å². The van der Waals surface area contributed by atoms with Crippen LogP contribution in [0, 0.1) is 5.92 Å². The minimum Gasteiger partial charge on any atom is -0.310 e. The summed E-state index contributed by atoms with van der Waals surface area (Å²) in [6.07, 6.45) is -3.49. The largest absolute Gasteiger partial charge is 0.391 e. The van der Waals surface area contributed by atoms with Crippen LogP contribution in [0.3, 0.4) is 0 Å². The third kappa shape index (κ3) is 3.01. The summed E-state index contributed by atoms with van der Waals surface area (Å²) in [4.78, 5) is 18.6. The summed E-state index contributed by atoms with van der Waals surface area (Å²) >= 11 is 6.12. The van der Waals surface area contributed by atoms with E-state index in [1.807, 2.05) is 0 Å². The summed E-state index contributed by atoms with van der Waals surface area (Å²) in [5, 5.41) is 4.65. The molecule has 0 unspecified atom stereocenters. The molecule has 2 heterocycles. The molecule has 9 heteroatoms. The Bertz CT molecular complexity index is 948. The molecule has 0 aliphatic rings. The Kier molecular flexibility index (Phi) is 4.08. The minimum atomic E-state index is -4.36. The third-order valence-electron chi connectivity index (χ3n) is 3.63. The Morgan fingerprint density at radius 3 is 2.71 bits per heavy atom. The number of aromatic nitrogens is 4. The lowest BCUT2D eigenvalue weighted by atomic mass is 10.1. The lowest BCUT2D eigenvalue weighted by molar-refractivity contribution is -0.169. The SMILES string of the molecule is C[C@@H](Cc1nc2c(cnn2-c2ccccc2Cl)c(=O)[nH]1)C(F)(F)F. The van der Waals surface area contributed by atoms with Gasteiger partial charge in [-0.15, -0.1) is 0 Å². The van der Waals surface area contributed by atoms with E-state index in [1.54, 1.807) is 24.3 Å². The fraction of sp³-hybridized carbons (Fsp3) is 0.267. The van der Waals surface area contributed by atoms with E-state index in [0.29, 0.717) is 10.7 Å². The van der Waals surface area contributed by atoms with E-state index in [2.05, 4.69) is 15.1 Å². The van der Waals surface area contributed by atoms with Crippen LogP contribution in [-0.2, 0) is 6.42 Å². The highest BCUT2D eigenvalue weighted by molar-refractivity contribution is 6.32. The molecule has 0 fully saturated rings. The Balaban J connectivity index is 2.12. The monoisotopic (exact) mass is 356 g/mol. The van der Waals surface area contributed by atoms with E-state index in [4.69, 9.17) is 11.6 Å². The number of benzene rings is 1. The first-order valence-corrected chi connectivity index (χ1v) is 7.43. The van der Waals surface area contributed by atoms with Crippen molar-refractivity contribution < 1.29 is 13.2 Å². The number of aromatic amines is 1. The van der Waals surface area contributed by atoms with Gasteiger partial charge in [0, 0.05) is 6.42 Å². The summed E-state index contributed by atoms with van der Waals surface area (Å²) in [5.74, 6) is -1.68. The predicted molar refractivity (Wildman–Crippen MR) is 83.4 cm³/mol. The zero-order chi connectivity index (χ0) is 17.5. The second-order valence-corrected chi connectivity index (χ2v) is 5.81. The zero-order valence-electron chi connectivity index (χ0n) is 12.4. The fourth-order valence-electron chi connectivity index (χ4n) is 2.27. The van der Waals surface area contributed by atoms with E-state index in [-0.39, 0.29) is 16.9 Å². The van der Waals surface area contributed by atoms with Crippen LogP contribution >= 0.6 is 11.6 Å². The molecule has 3 aromatic rings. The fourth-order valence-corrected chi connectivity index (χ4v) is 2.48. The van der Waals surface area contributed by atoms with Gasteiger partial charge >= 0.3 is 6.18 Å². The molecule has 5 nitrogen and oxygen atoms in total. The third-order valence-corrected chi connectivity index (χ3v) is 3.95. The first-order chi connectivity index (χ1) is 11.3. The minimum absolute atomic E-state index is 0.0499. The lowest BCUT2D eigenvalue weighted by Gasteiger charge is -2.14. The molecular weight excluding hydrogens is 345 g/mol. The number of fused-ring (bicyclic) bond motifs is 1. The van der Waals surface area contributed by atoms with Gasteiger partial charge in [0.05, 0.1) is 22.8 Å². The van der Waals surface area contributed by atoms with Gasteiger partial charge in [-0.1, -0.05) is 30.7 Å². The highest BCUT2D eigenvalue weighted by Gasteiger charge is 2.36. The van der Waals surface area contributed by atoms with Gasteiger partial charge < -0.3 is 4.98 Å². The molecule has 0 spiro atoms. The molecule has 2 aromatic heterocycles. The van der Waals surface area contributed by atoms with Gasteiger partial charge in [0.25, 0.3) is 5.56 Å². The number of H-pyrrole nitrogens is 1. The van der Waals surface area contributed by atoms with E-state index in [9.17, 15) is 18.0 Å². The molecule has 0 amide bonds. The maximum absolute atomic E-state index is 12.7. The highest BCUT2D eigenvalue weighted by atomic mass is 35.5. The van der Waals surface area contributed by atoms with Crippen LogP contribution in [0.5, 0.6) is 0 Å². The number of nitrogens with one attached hydrogen (secondary N) is 1. The topological polar surface area (TPSA) is 63.6 Å². The number of hydrogen-bond donors (Lipinski definition) is 1. The molecule has 24 heavy (non-hydrogen) atoms. The van der Waals surface area contributed by atoms with Crippen molar-refractivity contribution in [1.82, 2.24) is 19.7 Å². The summed E-state index contributed by atoms with van der Waals surface area (Å²) in [6.45, 7) is 1.04. The number of hydrogen-bond acceptors (Lipinski definition) is 3. The molecule has 1 atom stereocenters. The van der Waals surface area contributed by atoms with Crippen LogP contribution < -0.4 is 5.56 Å². The van der Waals surface area contributed by atoms with Crippen molar-refractivity contribution in [1.29, 1.82) is 0 Å². The molecule has 0 radical (unpaired) electrons. The maximum atomic E-state index is 12.7. The lowest BCUT2D eigenvalue weighted by Crippen LogP contribution is -2.24. The normalized spacial score (nSPS) is 13.4. The molecule has 0 saturated heterocycles. The van der Waals surface area contributed by atoms with E-state index in [0.717, 1.165) is 6.92 Å². The Hall–Kier alpha value is -2.35. The first-order valence-electron chi connectivity index (χ1n) is 7.06. The molecule has 0 aliphatic carbocycles. The van der Waals surface area contributed by atoms with Gasteiger partial charge in [0.1, 0.15) is 11.2 Å². The number of nitrogens with zero attached hydrogens (tertiary/aromatic N) is 3. The Labute approximate surface area is 139 Å². The molecule has 0 bridgehead atoms. The predicted octanol–water partition coefficient (Wildman–Crippen LogP) is 3.50. The molecule has 126 valence electrons. The second kappa shape index (κ2) is 5.94. The Morgan fingerprint density at radius 2 is 2.04 bits per heavy atom. The van der Waals surface area contributed by atoms with Crippen molar-refractivity contribution in [2.45, 2.75) is 19.5 Å². The van der Waals surface area contributed by atoms with Gasteiger partial charge in [-0.25, -0.2) is 9.67 Å². The van der Waals surface area contributed by atoms with Crippen molar-refractivity contribution in [3.63, 3.8) is 0 Å². The molecule has 0 aliphatic heterocycles. The Morgan fingerprint density at radius 1 is 1.33 bits per heavy atom. The maximum Gasteiger partial charge on any atom is 0.391 e. The van der Waals surface area contributed by atoms with Gasteiger partial charge in [0.2, 0.25) is 0 Å². The molecule has 1 aromatic carbocycles. The quantitative estimate of drug-likeness (QED) is 0.781. The van der Waals surface area contributed by atoms with Crippen molar-refractivity contribution in [3.05, 3.63) is 51.7 Å². The van der Waals surface area contributed by atoms with Gasteiger partial charge in [0.15, 0.2) is 5.65 Å². The van der Waals surface area contributed by atoms with Crippen molar-refractivity contribution >= 4 is 22.6 Å². The van der Waals surface area contributed by atoms with Crippen LogP contribution in [0.2, 0.25) is 5.02 Å². The van der Waals surface area contributed by atoms with Crippen LogP contribution in [0.4, 0.5) is 13.2 Å². The standard InChI is InChI=1S/C15H12ClF3N4O/c1-8(15(17,18)19)6-12-21-13-9(14(24)22-12)7-20-23(13)11-5-3-2-4-10(11)16/h2-5,7-8H,6H2,1H3,(H,21,22,24)/t8-/m0/s1. The van der Waals surface area contributed by atoms with Crippen LogP contribution in [-0.4, -0.2) is 25.9 Å². The molecule has 3 rings (SSSR count). The zero-order valence-corrected chi connectivity index (χ0v) is 13.2. The summed E-state index contributed by atoms with van der Waals surface area (Å²) in [6, 6.07) is 6.78. The van der Waals surface area contributed by atoms with Crippen molar-refractivity contribution in [3.8, 4) is 5.69 Å². The van der Waals surface area contributed by atoms with E-state index < -0.39 is 24.1 Å². The summed E-state index contributed by atoms with van der Waals surface area (Å²) < 4.78 is 39.5. The van der Waals surface area contributed by atoms with Gasteiger partial charge in [-0.2, -0.15) is 18.3 Å². The van der Waals surface area contributed by atoms with E-state index >= 15 is 0 Å². The average molecular weight is 357 g/mol. The molecule has 1 N–H and O–H groups in total. The average Bonchev–Trinajstić information content (AvgIpc) is 2.91. The first kappa shape index (κ1) is 16.5. The molecular formula is C15H12ClF3N4O. The van der Waals surface area contributed by atoms with Crippen molar-refractivity contribution in [2.24, 2.45) is 5.92 Å². The summed E-state index contributed by atoms with van der Waals surface area (Å²) in [5.41, 5.74) is 0.112. The number of para-hydroxylation sites is 1. The second-order valence-electron chi connectivity index (χ2n) is 5.40. The summed E-state index contributed by atoms with van der Waals surface area (Å²) in [7, 11) is 0. The number of halogens is 4. The smallest absolute Gasteiger partial charge is 0.310 e. The van der Waals surface area contributed by atoms with E-state index in [1.165, 1.54) is 10.9 Å². The van der Waals surface area contributed by atoms with Gasteiger partial charge in [-0.3, -0.25) is 4.79 Å². The highest BCUT2D eigenvalue weighted by Crippen LogP contribution is 2.28. The number of alkyl halides is 3. The van der Waals surface area contributed by atoms with Crippen LogP contribution in [0.15, 0.2) is 35.3 Å². The van der Waals surface area contributed by atoms with Gasteiger partial charge in [-0.05, 0) is 12.1 Å². The van der Waals surface area contributed by atoms with Crippen LogP contribution in [0.25, 0.3) is 16.7 Å². The van der Waals surface area contributed by atoms with Crippen LogP contribution in [0.1, 0.15) is 12.7 Å². The number of rotatable bonds is 3. The molecule has 0 saturated carbocycles.